The van der Waals surface area contributed by atoms with Gasteiger partial charge in [-0.15, -0.1) is 0 Å². The number of aryl methyl sites for hydroxylation is 1. The van der Waals surface area contributed by atoms with E-state index in [0.717, 1.165) is 14.7 Å². The Morgan fingerprint density at radius 2 is 2.08 bits per heavy atom. The zero-order valence-electron chi connectivity index (χ0n) is 13.0. The maximum atomic E-state index is 12.0. The molecule has 7 nitrogen and oxygen atoms in total. The molecule has 2 rings (SSSR count). The molecule has 0 spiro atoms. The summed E-state index contributed by atoms with van der Waals surface area (Å²) in [6, 6.07) is 8.87. The molecule has 0 saturated carbocycles. The van der Waals surface area contributed by atoms with Crippen molar-refractivity contribution in [2.75, 3.05) is 6.61 Å². The summed E-state index contributed by atoms with van der Waals surface area (Å²) in [4.78, 5) is 24.0. The van der Waals surface area contributed by atoms with E-state index in [2.05, 4.69) is 0 Å². The fourth-order valence-electron chi connectivity index (χ4n) is 2.15. The molecule has 1 atom stereocenters. The Hall–Kier alpha value is -2.40. The van der Waals surface area contributed by atoms with Crippen molar-refractivity contribution < 1.29 is 9.84 Å². The van der Waals surface area contributed by atoms with E-state index in [0.29, 0.717) is 5.02 Å². The van der Waals surface area contributed by atoms with Gasteiger partial charge in [-0.05, 0) is 11.6 Å². The summed E-state index contributed by atoms with van der Waals surface area (Å²) in [6.45, 7) is -0.150. The van der Waals surface area contributed by atoms with Crippen LogP contribution in [0.15, 0.2) is 40.1 Å². The summed E-state index contributed by atoms with van der Waals surface area (Å²) in [5.74, 6) is 0. The number of aromatic nitrogens is 2. The quantitative estimate of drug-likeness (QED) is 0.825. The Kier molecular flexibility index (Phi) is 5.93. The normalized spacial score (nSPS) is 11.9. The molecule has 0 aliphatic rings. The molecule has 1 heterocycles. The molecule has 0 amide bonds. The Bertz CT molecular complexity index is 882. The molecule has 0 radical (unpaired) electrons. The highest BCUT2D eigenvalue weighted by molar-refractivity contribution is 6.31. The van der Waals surface area contributed by atoms with Gasteiger partial charge >= 0.3 is 5.69 Å². The van der Waals surface area contributed by atoms with Gasteiger partial charge in [0.05, 0.1) is 25.9 Å². The van der Waals surface area contributed by atoms with Crippen LogP contribution >= 0.6 is 11.6 Å². The molecule has 0 bridgehead atoms. The van der Waals surface area contributed by atoms with E-state index in [1.54, 1.807) is 24.3 Å². The molecule has 1 aromatic heterocycles. The van der Waals surface area contributed by atoms with E-state index in [-0.39, 0.29) is 25.3 Å². The smallest absolute Gasteiger partial charge is 0.330 e. The second-order valence-corrected chi connectivity index (χ2v) is 5.63. The lowest BCUT2D eigenvalue weighted by Crippen LogP contribution is -2.43. The van der Waals surface area contributed by atoms with E-state index < -0.39 is 17.4 Å². The highest BCUT2D eigenvalue weighted by Gasteiger charge is 2.14. The first kappa shape index (κ1) is 17.9. The third kappa shape index (κ3) is 4.11. The average molecular weight is 350 g/mol. The van der Waals surface area contributed by atoms with Gasteiger partial charge < -0.3 is 14.4 Å². The van der Waals surface area contributed by atoms with Crippen LogP contribution in [0.3, 0.4) is 0 Å². The molecule has 1 aromatic carbocycles. The van der Waals surface area contributed by atoms with Gasteiger partial charge in [-0.1, -0.05) is 29.8 Å². The predicted octanol–water partition coefficient (Wildman–Crippen LogP) is 0.650. The standard InChI is InChI=1S/C16H16ClN3O4/c1-19-7-12(6-18)15(22)20(16(19)23)8-13(21)10-24-9-11-4-2-3-5-14(11)17/h2-5,7,13,21H,8-10H2,1H3/t13-/m0/s1. The van der Waals surface area contributed by atoms with Gasteiger partial charge in [-0.2, -0.15) is 5.26 Å². The molecule has 2 aromatic rings. The third-order valence-electron chi connectivity index (χ3n) is 3.37. The van der Waals surface area contributed by atoms with Gasteiger partial charge in [0.2, 0.25) is 0 Å². The largest absolute Gasteiger partial charge is 0.389 e. The van der Waals surface area contributed by atoms with Crippen molar-refractivity contribution in [2.45, 2.75) is 19.3 Å². The van der Waals surface area contributed by atoms with E-state index in [1.807, 2.05) is 6.07 Å². The fourth-order valence-corrected chi connectivity index (χ4v) is 2.34. The number of aliphatic hydroxyl groups excluding tert-OH is 1. The number of hydrogen-bond acceptors (Lipinski definition) is 5. The second-order valence-electron chi connectivity index (χ2n) is 5.22. The van der Waals surface area contributed by atoms with E-state index in [1.165, 1.54) is 13.2 Å². The lowest BCUT2D eigenvalue weighted by Gasteiger charge is -2.14. The van der Waals surface area contributed by atoms with Crippen LogP contribution < -0.4 is 11.2 Å². The SMILES string of the molecule is Cn1cc(C#N)c(=O)n(C[C@H](O)COCc2ccccc2Cl)c1=O. The summed E-state index contributed by atoms with van der Waals surface area (Å²) in [7, 11) is 1.43. The lowest BCUT2D eigenvalue weighted by atomic mass is 10.2. The summed E-state index contributed by atoms with van der Waals surface area (Å²) in [5, 5.41) is 19.5. The van der Waals surface area contributed by atoms with Crippen molar-refractivity contribution in [1.82, 2.24) is 9.13 Å². The monoisotopic (exact) mass is 349 g/mol. The predicted molar refractivity (Wildman–Crippen MR) is 87.8 cm³/mol. The molecule has 126 valence electrons. The third-order valence-corrected chi connectivity index (χ3v) is 3.74. The van der Waals surface area contributed by atoms with Crippen molar-refractivity contribution in [2.24, 2.45) is 7.05 Å². The number of ether oxygens (including phenoxy) is 1. The zero-order valence-corrected chi connectivity index (χ0v) is 13.7. The maximum Gasteiger partial charge on any atom is 0.330 e. The van der Waals surface area contributed by atoms with Crippen LogP contribution in [0.4, 0.5) is 0 Å². The second kappa shape index (κ2) is 7.93. The number of aliphatic hydroxyl groups is 1. The minimum atomic E-state index is -1.08. The molecule has 0 fully saturated rings. The molecule has 1 N–H and O–H groups in total. The number of hydrogen-bond donors (Lipinski definition) is 1. The maximum absolute atomic E-state index is 12.0. The number of nitrogens with zero attached hydrogens (tertiary/aromatic N) is 3. The highest BCUT2D eigenvalue weighted by Crippen LogP contribution is 2.15. The van der Waals surface area contributed by atoms with Crippen molar-refractivity contribution in [3.05, 3.63) is 67.4 Å². The summed E-state index contributed by atoms with van der Waals surface area (Å²) in [5.41, 5.74) is -0.734. The molecule has 0 aliphatic heterocycles. The van der Waals surface area contributed by atoms with Crippen molar-refractivity contribution in [1.29, 1.82) is 5.26 Å². The Morgan fingerprint density at radius 1 is 1.38 bits per heavy atom. The average Bonchev–Trinajstić information content (AvgIpc) is 2.56. The van der Waals surface area contributed by atoms with Gasteiger partial charge in [0.25, 0.3) is 5.56 Å². The van der Waals surface area contributed by atoms with Gasteiger partial charge in [0.1, 0.15) is 11.6 Å². The topological polar surface area (TPSA) is 97.2 Å². The van der Waals surface area contributed by atoms with Gasteiger partial charge in [0, 0.05) is 18.3 Å². The van der Waals surface area contributed by atoms with Crippen molar-refractivity contribution in [3.8, 4) is 6.07 Å². The van der Waals surface area contributed by atoms with Crippen LogP contribution in [0.1, 0.15) is 11.1 Å². The van der Waals surface area contributed by atoms with Gasteiger partial charge in [0.15, 0.2) is 0 Å². The van der Waals surface area contributed by atoms with E-state index >= 15 is 0 Å². The Morgan fingerprint density at radius 3 is 2.75 bits per heavy atom. The van der Waals surface area contributed by atoms with E-state index in [4.69, 9.17) is 21.6 Å². The molecular weight excluding hydrogens is 334 g/mol. The first-order valence-electron chi connectivity index (χ1n) is 7.13. The lowest BCUT2D eigenvalue weighted by molar-refractivity contribution is 0.0191. The van der Waals surface area contributed by atoms with Gasteiger partial charge in [-0.3, -0.25) is 9.36 Å². The van der Waals surface area contributed by atoms with Crippen LogP contribution in [0.5, 0.6) is 0 Å². The molecule has 8 heteroatoms. The number of rotatable bonds is 6. The summed E-state index contributed by atoms with van der Waals surface area (Å²) in [6.07, 6.45) is 0.0911. The minimum Gasteiger partial charge on any atom is -0.389 e. The first-order valence-corrected chi connectivity index (χ1v) is 7.51. The summed E-state index contributed by atoms with van der Waals surface area (Å²) < 4.78 is 7.32. The van der Waals surface area contributed by atoms with Crippen LogP contribution in [-0.2, 0) is 24.9 Å². The number of halogens is 1. The zero-order chi connectivity index (χ0) is 17.7. The minimum absolute atomic E-state index is 0.0857. The molecule has 0 aliphatic carbocycles. The Balaban J connectivity index is 2.03. The number of nitriles is 1. The molecular formula is C16H16ClN3O4. The van der Waals surface area contributed by atoms with Gasteiger partial charge in [-0.25, -0.2) is 4.79 Å². The van der Waals surface area contributed by atoms with Crippen LogP contribution in [-0.4, -0.2) is 27.0 Å². The molecule has 24 heavy (non-hydrogen) atoms. The molecule has 0 unspecified atom stereocenters. The van der Waals surface area contributed by atoms with Crippen LogP contribution in [0.25, 0.3) is 0 Å². The fraction of sp³-hybridized carbons (Fsp3) is 0.312. The van der Waals surface area contributed by atoms with Crippen molar-refractivity contribution in [3.63, 3.8) is 0 Å². The summed E-state index contributed by atoms with van der Waals surface area (Å²) >= 11 is 6.00. The van der Waals surface area contributed by atoms with Crippen molar-refractivity contribution >= 4 is 11.6 Å². The van der Waals surface area contributed by atoms with Crippen LogP contribution in [0.2, 0.25) is 5.02 Å². The number of benzene rings is 1. The highest BCUT2D eigenvalue weighted by atomic mass is 35.5. The first-order chi connectivity index (χ1) is 11.4. The Labute approximate surface area is 142 Å². The van der Waals surface area contributed by atoms with Crippen LogP contribution in [0, 0.1) is 11.3 Å². The molecule has 0 saturated heterocycles. The van der Waals surface area contributed by atoms with E-state index in [9.17, 15) is 14.7 Å².